The van der Waals surface area contributed by atoms with Crippen molar-refractivity contribution in [2.75, 3.05) is 25.5 Å². The number of benzene rings is 1. The highest BCUT2D eigenvalue weighted by Gasteiger charge is 2.25. The molecule has 0 radical (unpaired) electrons. The number of nitro benzene ring substituents is 1. The first kappa shape index (κ1) is 16.9. The molecular formula is C12H16N4O4S. The van der Waals surface area contributed by atoms with Crippen LogP contribution in [-0.2, 0) is 10.0 Å². The van der Waals surface area contributed by atoms with E-state index in [4.69, 9.17) is 5.26 Å². The molecule has 0 heterocycles. The van der Waals surface area contributed by atoms with Crippen molar-refractivity contribution in [1.29, 1.82) is 5.26 Å². The van der Waals surface area contributed by atoms with Gasteiger partial charge in [0.1, 0.15) is 5.69 Å². The van der Waals surface area contributed by atoms with Crippen LogP contribution in [0.5, 0.6) is 0 Å². The van der Waals surface area contributed by atoms with Crippen LogP contribution >= 0.6 is 0 Å². The second-order valence-electron chi connectivity index (χ2n) is 4.09. The zero-order valence-corrected chi connectivity index (χ0v) is 12.6. The first-order valence-electron chi connectivity index (χ1n) is 6.21. The molecule has 0 aromatic heterocycles. The van der Waals surface area contributed by atoms with Crippen LogP contribution in [0, 0.1) is 21.4 Å². The molecule has 0 unspecified atom stereocenters. The second kappa shape index (κ2) is 7.01. The number of sulfonamides is 1. The maximum absolute atomic E-state index is 12.4. The van der Waals surface area contributed by atoms with Gasteiger partial charge in [-0.25, -0.2) is 8.42 Å². The second-order valence-corrected chi connectivity index (χ2v) is 6.03. The fourth-order valence-electron chi connectivity index (χ4n) is 1.81. The van der Waals surface area contributed by atoms with E-state index in [-0.39, 0.29) is 35.8 Å². The lowest BCUT2D eigenvalue weighted by molar-refractivity contribution is -0.384. The van der Waals surface area contributed by atoms with Crippen molar-refractivity contribution in [2.24, 2.45) is 0 Å². The van der Waals surface area contributed by atoms with E-state index in [9.17, 15) is 18.5 Å². The van der Waals surface area contributed by atoms with Gasteiger partial charge in [-0.3, -0.25) is 10.1 Å². The van der Waals surface area contributed by atoms with Gasteiger partial charge in [0, 0.05) is 32.6 Å². The van der Waals surface area contributed by atoms with Crippen LogP contribution < -0.4 is 5.32 Å². The summed E-state index contributed by atoms with van der Waals surface area (Å²) in [5, 5.41) is 22.0. The van der Waals surface area contributed by atoms with Crippen LogP contribution in [0.25, 0.3) is 0 Å². The largest absolute Gasteiger partial charge is 0.383 e. The van der Waals surface area contributed by atoms with Crippen LogP contribution in [0.1, 0.15) is 13.3 Å². The van der Waals surface area contributed by atoms with Gasteiger partial charge in [-0.05, 0) is 12.1 Å². The molecule has 0 atom stereocenters. The quantitative estimate of drug-likeness (QED) is 0.603. The van der Waals surface area contributed by atoms with E-state index >= 15 is 0 Å². The molecule has 1 rings (SSSR count). The monoisotopic (exact) mass is 312 g/mol. The molecule has 0 spiro atoms. The standard InChI is InChI=1S/C12H16N4O4S/c1-3-15(8-4-7-13)21(19,20)10-5-6-12(16(17)18)11(9-10)14-2/h5-6,9,14H,3-4,8H2,1-2H3. The van der Waals surface area contributed by atoms with Crippen molar-refractivity contribution in [3.63, 3.8) is 0 Å². The molecule has 0 saturated carbocycles. The molecule has 0 fully saturated rings. The number of hydrogen-bond acceptors (Lipinski definition) is 6. The molecule has 8 nitrogen and oxygen atoms in total. The van der Waals surface area contributed by atoms with E-state index in [1.807, 2.05) is 6.07 Å². The molecule has 0 bridgehead atoms. The minimum atomic E-state index is -3.78. The highest BCUT2D eigenvalue weighted by Crippen LogP contribution is 2.28. The Balaban J connectivity index is 3.25. The predicted octanol–water partition coefficient (Wildman–Crippen LogP) is 1.56. The van der Waals surface area contributed by atoms with Gasteiger partial charge in [0.15, 0.2) is 0 Å². The van der Waals surface area contributed by atoms with Crippen LogP contribution in [0.4, 0.5) is 11.4 Å². The average Bonchev–Trinajstić information content (AvgIpc) is 2.46. The first-order chi connectivity index (χ1) is 9.88. The van der Waals surface area contributed by atoms with Crippen molar-refractivity contribution in [1.82, 2.24) is 4.31 Å². The predicted molar refractivity (Wildman–Crippen MR) is 77.3 cm³/mol. The van der Waals surface area contributed by atoms with Crippen LogP contribution in [0.3, 0.4) is 0 Å². The van der Waals surface area contributed by atoms with Gasteiger partial charge in [0.25, 0.3) is 5.69 Å². The summed E-state index contributed by atoms with van der Waals surface area (Å²) in [4.78, 5) is 10.2. The van der Waals surface area contributed by atoms with Gasteiger partial charge in [0.05, 0.1) is 15.9 Å². The van der Waals surface area contributed by atoms with Crippen molar-refractivity contribution in [3.05, 3.63) is 28.3 Å². The third-order valence-electron chi connectivity index (χ3n) is 2.90. The van der Waals surface area contributed by atoms with Gasteiger partial charge in [0.2, 0.25) is 10.0 Å². The Bertz CT molecular complexity index is 666. The Kier molecular flexibility index (Phi) is 5.63. The third-order valence-corrected chi connectivity index (χ3v) is 4.87. The Labute approximate surface area is 123 Å². The topological polar surface area (TPSA) is 116 Å². The highest BCUT2D eigenvalue weighted by atomic mass is 32.2. The highest BCUT2D eigenvalue weighted by molar-refractivity contribution is 7.89. The van der Waals surface area contributed by atoms with Crippen molar-refractivity contribution in [2.45, 2.75) is 18.2 Å². The van der Waals surface area contributed by atoms with Crippen LogP contribution in [0.2, 0.25) is 0 Å². The molecule has 0 aliphatic heterocycles. The summed E-state index contributed by atoms with van der Waals surface area (Å²) in [6.45, 7) is 1.97. The summed E-state index contributed by atoms with van der Waals surface area (Å²) in [7, 11) is -2.30. The Hall–Kier alpha value is -2.18. The molecule has 21 heavy (non-hydrogen) atoms. The van der Waals surface area contributed by atoms with Crippen molar-refractivity contribution in [3.8, 4) is 6.07 Å². The summed E-state index contributed by atoms with van der Waals surface area (Å²) < 4.78 is 26.0. The summed E-state index contributed by atoms with van der Waals surface area (Å²) in [6.07, 6.45) is 0.0823. The molecule has 1 aromatic rings. The Morgan fingerprint density at radius 2 is 2.14 bits per heavy atom. The van der Waals surface area contributed by atoms with Gasteiger partial charge in [-0.1, -0.05) is 6.92 Å². The SMILES string of the molecule is CCN(CCC#N)S(=O)(=O)c1ccc([N+](=O)[O-])c(NC)c1. The Morgan fingerprint density at radius 3 is 2.62 bits per heavy atom. The third kappa shape index (κ3) is 3.68. The van der Waals surface area contributed by atoms with Crippen LogP contribution in [-0.4, -0.2) is 37.8 Å². The molecule has 0 saturated heterocycles. The summed E-state index contributed by atoms with van der Waals surface area (Å²) in [5.74, 6) is 0. The number of anilines is 1. The average molecular weight is 312 g/mol. The smallest absolute Gasteiger partial charge is 0.292 e. The maximum atomic E-state index is 12.4. The van der Waals surface area contributed by atoms with E-state index in [1.54, 1.807) is 6.92 Å². The molecule has 0 aliphatic rings. The van der Waals surface area contributed by atoms with E-state index in [0.717, 1.165) is 10.4 Å². The summed E-state index contributed by atoms with van der Waals surface area (Å²) in [6, 6.07) is 5.47. The molecule has 114 valence electrons. The lowest BCUT2D eigenvalue weighted by atomic mass is 10.3. The van der Waals surface area contributed by atoms with Crippen molar-refractivity contribution < 1.29 is 13.3 Å². The lowest BCUT2D eigenvalue weighted by Crippen LogP contribution is -2.31. The molecule has 9 heteroatoms. The molecule has 0 amide bonds. The molecular weight excluding hydrogens is 296 g/mol. The normalized spacial score (nSPS) is 11.1. The number of nitrogens with zero attached hydrogens (tertiary/aromatic N) is 3. The summed E-state index contributed by atoms with van der Waals surface area (Å²) in [5.41, 5.74) is -0.0751. The fraction of sp³-hybridized carbons (Fsp3) is 0.417. The van der Waals surface area contributed by atoms with E-state index < -0.39 is 14.9 Å². The molecule has 1 N–H and O–H groups in total. The van der Waals surface area contributed by atoms with E-state index in [0.29, 0.717) is 0 Å². The van der Waals surface area contributed by atoms with E-state index in [2.05, 4.69) is 5.32 Å². The first-order valence-corrected chi connectivity index (χ1v) is 7.65. The zero-order valence-electron chi connectivity index (χ0n) is 11.7. The number of nitriles is 1. The van der Waals surface area contributed by atoms with Gasteiger partial charge in [-0.15, -0.1) is 0 Å². The summed E-state index contributed by atoms with van der Waals surface area (Å²) >= 11 is 0. The van der Waals surface area contributed by atoms with Crippen LogP contribution in [0.15, 0.2) is 23.1 Å². The number of nitro groups is 1. The van der Waals surface area contributed by atoms with Gasteiger partial charge in [-0.2, -0.15) is 9.57 Å². The number of rotatable bonds is 7. The fourth-order valence-corrected chi connectivity index (χ4v) is 3.28. The lowest BCUT2D eigenvalue weighted by Gasteiger charge is -2.19. The van der Waals surface area contributed by atoms with Gasteiger partial charge >= 0.3 is 0 Å². The van der Waals surface area contributed by atoms with E-state index in [1.165, 1.54) is 19.2 Å². The molecule has 1 aromatic carbocycles. The number of hydrogen-bond donors (Lipinski definition) is 1. The number of nitrogens with one attached hydrogen (secondary N) is 1. The minimum Gasteiger partial charge on any atom is -0.383 e. The minimum absolute atomic E-state index is 0.0442. The van der Waals surface area contributed by atoms with Crippen molar-refractivity contribution >= 4 is 21.4 Å². The Morgan fingerprint density at radius 1 is 1.48 bits per heavy atom. The maximum Gasteiger partial charge on any atom is 0.292 e. The van der Waals surface area contributed by atoms with Gasteiger partial charge < -0.3 is 5.32 Å². The zero-order chi connectivity index (χ0) is 16.0. The molecule has 0 aliphatic carbocycles.